The number of halogens is 1. The van der Waals surface area contributed by atoms with Crippen LogP contribution in [0.3, 0.4) is 0 Å². The fourth-order valence-electron chi connectivity index (χ4n) is 4.14. The third kappa shape index (κ3) is 4.77. The number of hydrogen-bond acceptors (Lipinski definition) is 10. The number of rotatable bonds is 7. The number of fused-ring (bicyclic) bond motifs is 1. The van der Waals surface area contributed by atoms with Gasteiger partial charge in [0, 0.05) is 23.6 Å². The molecular formula is C26H22FN7O5. The lowest BCUT2D eigenvalue weighted by molar-refractivity contribution is 0.0920. The van der Waals surface area contributed by atoms with E-state index in [1.165, 1.54) is 43.8 Å². The second-order valence-corrected chi connectivity index (χ2v) is 8.55. The van der Waals surface area contributed by atoms with E-state index in [2.05, 4.69) is 25.5 Å². The fraction of sp³-hybridized carbons (Fsp3) is 0.154. The molecule has 1 atom stereocenters. The summed E-state index contributed by atoms with van der Waals surface area (Å²) >= 11 is 0. The van der Waals surface area contributed by atoms with Crippen LogP contribution in [-0.2, 0) is 13.7 Å². The predicted octanol–water partition coefficient (Wildman–Crippen LogP) is 1.34. The molecule has 0 amide bonds. The molecule has 0 aliphatic rings. The van der Waals surface area contributed by atoms with Crippen LogP contribution in [0.25, 0.3) is 27.7 Å². The van der Waals surface area contributed by atoms with Crippen molar-refractivity contribution in [2.45, 2.75) is 12.7 Å². The number of anilines is 2. The van der Waals surface area contributed by atoms with E-state index >= 15 is 0 Å². The molecule has 0 spiro atoms. The summed E-state index contributed by atoms with van der Waals surface area (Å²) < 4.78 is 16.6. The van der Waals surface area contributed by atoms with Gasteiger partial charge in [0.25, 0.3) is 11.1 Å². The van der Waals surface area contributed by atoms with Gasteiger partial charge in [-0.25, -0.2) is 14.1 Å². The molecule has 12 nitrogen and oxygen atoms in total. The zero-order valence-electron chi connectivity index (χ0n) is 20.5. The van der Waals surface area contributed by atoms with Crippen molar-refractivity contribution in [3.8, 4) is 16.9 Å². The Labute approximate surface area is 219 Å². The summed E-state index contributed by atoms with van der Waals surface area (Å²) in [6.45, 7) is -1.03. The molecule has 5 aromatic rings. The van der Waals surface area contributed by atoms with E-state index in [4.69, 9.17) is 5.11 Å². The summed E-state index contributed by atoms with van der Waals surface area (Å²) in [5.41, 5.74) is 0.263. The van der Waals surface area contributed by atoms with Crippen LogP contribution in [0.1, 0.15) is 17.4 Å². The predicted molar refractivity (Wildman–Crippen MR) is 139 cm³/mol. The Morgan fingerprint density at radius 1 is 1.03 bits per heavy atom. The number of nitrogens with zero attached hydrogens (tertiary/aromatic N) is 6. The quantitative estimate of drug-likeness (QED) is 0.240. The van der Waals surface area contributed by atoms with Crippen molar-refractivity contribution in [2.24, 2.45) is 7.05 Å². The fourth-order valence-corrected chi connectivity index (χ4v) is 4.14. The Hall–Kier alpha value is -4.85. The van der Waals surface area contributed by atoms with Crippen molar-refractivity contribution in [3.63, 3.8) is 0 Å². The normalized spacial score (nSPS) is 12.0. The van der Waals surface area contributed by atoms with Gasteiger partial charge in [-0.2, -0.15) is 14.9 Å². The van der Waals surface area contributed by atoms with Crippen LogP contribution in [0.5, 0.6) is 0 Å². The van der Waals surface area contributed by atoms with Gasteiger partial charge in [0.05, 0.1) is 54.3 Å². The Balaban J connectivity index is 1.60. The summed E-state index contributed by atoms with van der Waals surface area (Å²) in [6, 6.07) is 10.6. The monoisotopic (exact) mass is 531 g/mol. The third-order valence-electron chi connectivity index (χ3n) is 6.09. The molecule has 198 valence electrons. The maximum atomic E-state index is 14.5. The largest absolute Gasteiger partial charge is 0.393 e. The van der Waals surface area contributed by atoms with Gasteiger partial charge in [0.1, 0.15) is 23.4 Å². The molecule has 0 aliphatic carbocycles. The number of aliphatic hydroxyl groups is 3. The highest BCUT2D eigenvalue weighted by molar-refractivity contribution is 5.81. The number of nitrogens with one attached hydrogen (secondary N) is 1. The van der Waals surface area contributed by atoms with Crippen LogP contribution in [0, 0.1) is 5.82 Å². The molecular weight excluding hydrogens is 509 g/mol. The summed E-state index contributed by atoms with van der Waals surface area (Å²) in [5, 5.41) is 40.6. The number of aryl methyl sites for hydroxylation is 1. The van der Waals surface area contributed by atoms with Gasteiger partial charge < -0.3 is 20.6 Å². The lowest BCUT2D eigenvalue weighted by Crippen LogP contribution is -2.24. The van der Waals surface area contributed by atoms with E-state index in [9.17, 15) is 24.2 Å². The minimum atomic E-state index is -1.18. The molecule has 0 fully saturated rings. The molecule has 2 aromatic carbocycles. The summed E-state index contributed by atoms with van der Waals surface area (Å²) in [4.78, 5) is 34.1. The van der Waals surface area contributed by atoms with Crippen LogP contribution >= 0.6 is 0 Å². The van der Waals surface area contributed by atoms with Crippen molar-refractivity contribution < 1.29 is 19.7 Å². The van der Waals surface area contributed by atoms with Crippen LogP contribution in [0.4, 0.5) is 15.9 Å². The molecule has 0 saturated carbocycles. The Morgan fingerprint density at radius 3 is 2.54 bits per heavy atom. The number of hydrogen-bond donors (Lipinski definition) is 4. The molecule has 3 heterocycles. The zero-order chi connectivity index (χ0) is 27.7. The van der Waals surface area contributed by atoms with E-state index in [0.717, 1.165) is 9.36 Å². The van der Waals surface area contributed by atoms with E-state index in [0.29, 0.717) is 10.9 Å². The second kappa shape index (κ2) is 10.5. The highest BCUT2D eigenvalue weighted by atomic mass is 19.1. The Bertz CT molecular complexity index is 1800. The van der Waals surface area contributed by atoms with Gasteiger partial charge in [-0.15, -0.1) is 0 Å². The van der Waals surface area contributed by atoms with Gasteiger partial charge in [-0.3, -0.25) is 14.6 Å². The molecule has 0 bridgehead atoms. The maximum Gasteiger partial charge on any atom is 0.290 e. The lowest BCUT2D eigenvalue weighted by atomic mass is 10.0. The maximum absolute atomic E-state index is 14.5. The van der Waals surface area contributed by atoms with E-state index in [1.807, 2.05) is 0 Å². The topological polar surface area (TPSA) is 168 Å². The summed E-state index contributed by atoms with van der Waals surface area (Å²) in [7, 11) is 1.45. The van der Waals surface area contributed by atoms with E-state index < -0.39 is 36.3 Å². The summed E-state index contributed by atoms with van der Waals surface area (Å²) in [6.07, 6.45) is 2.74. The van der Waals surface area contributed by atoms with Gasteiger partial charge in [0.15, 0.2) is 0 Å². The van der Waals surface area contributed by atoms with Crippen molar-refractivity contribution in [3.05, 3.63) is 98.8 Å². The number of aromatic nitrogens is 6. The molecule has 0 aliphatic heterocycles. The smallest absolute Gasteiger partial charge is 0.290 e. The average Bonchev–Trinajstić information content (AvgIpc) is 2.95. The van der Waals surface area contributed by atoms with Gasteiger partial charge in [-0.05, 0) is 18.2 Å². The molecule has 0 radical (unpaired) electrons. The second-order valence-electron chi connectivity index (χ2n) is 8.55. The van der Waals surface area contributed by atoms with Gasteiger partial charge >= 0.3 is 0 Å². The lowest BCUT2D eigenvalue weighted by Gasteiger charge is -2.15. The van der Waals surface area contributed by atoms with Crippen molar-refractivity contribution in [1.82, 2.24) is 29.5 Å². The van der Waals surface area contributed by atoms with E-state index in [1.54, 1.807) is 24.3 Å². The first-order chi connectivity index (χ1) is 18.8. The van der Waals surface area contributed by atoms with Gasteiger partial charge in [-0.1, -0.05) is 24.3 Å². The molecule has 0 unspecified atom stereocenters. The third-order valence-corrected chi connectivity index (χ3v) is 6.09. The van der Waals surface area contributed by atoms with Crippen LogP contribution < -0.4 is 16.4 Å². The first-order valence-electron chi connectivity index (χ1n) is 11.7. The number of aliphatic hydroxyl groups excluding tert-OH is 3. The molecule has 3 aromatic heterocycles. The standard InChI is InChI=1S/C26H22FN7O5/c1-33-25(38)19(31-23-11-28-20(10-29-23)22(37)13-36)8-18(32-33)15-5-3-7-21(16(15)12-35)34-26(39)24-14(9-30-34)4-2-6-17(24)27/h2-11,22,35-37H,12-13H2,1H3,(H,29,31)/t22-/m1/s1. The highest BCUT2D eigenvalue weighted by Gasteiger charge is 2.18. The zero-order valence-corrected chi connectivity index (χ0v) is 20.5. The van der Waals surface area contributed by atoms with Crippen molar-refractivity contribution >= 4 is 22.3 Å². The minimum absolute atomic E-state index is 0.0876. The molecule has 39 heavy (non-hydrogen) atoms. The molecule has 13 heteroatoms. The highest BCUT2D eigenvalue weighted by Crippen LogP contribution is 2.28. The first kappa shape index (κ1) is 25.8. The van der Waals surface area contributed by atoms with Crippen molar-refractivity contribution in [1.29, 1.82) is 0 Å². The van der Waals surface area contributed by atoms with Crippen LogP contribution in [-0.4, -0.2) is 51.5 Å². The van der Waals surface area contributed by atoms with E-state index in [-0.39, 0.29) is 39.5 Å². The van der Waals surface area contributed by atoms with Crippen molar-refractivity contribution in [2.75, 3.05) is 11.9 Å². The SMILES string of the molecule is Cn1nc(-c2cccc(-n3ncc4cccc(F)c4c3=O)c2CO)cc(Nc2cnc([C@H](O)CO)cn2)c1=O. The molecule has 5 rings (SSSR count). The minimum Gasteiger partial charge on any atom is -0.393 e. The average molecular weight is 532 g/mol. The summed E-state index contributed by atoms with van der Waals surface area (Å²) in [5.74, 6) is -0.490. The number of benzene rings is 2. The molecule has 4 N–H and O–H groups in total. The Morgan fingerprint density at radius 2 is 1.82 bits per heavy atom. The van der Waals surface area contributed by atoms with Gasteiger partial charge in [0.2, 0.25) is 0 Å². The van der Waals surface area contributed by atoms with Crippen LogP contribution in [0.15, 0.2) is 70.6 Å². The van der Waals surface area contributed by atoms with Crippen LogP contribution in [0.2, 0.25) is 0 Å². The Kier molecular flexibility index (Phi) is 6.94. The first-order valence-corrected chi connectivity index (χ1v) is 11.7. The molecule has 0 saturated heterocycles.